The molecule has 4 nitrogen and oxygen atoms in total. The quantitative estimate of drug-likeness (QED) is 0.227. The summed E-state index contributed by atoms with van der Waals surface area (Å²) in [7, 11) is -2.29. The second kappa shape index (κ2) is 9.85. The van der Waals surface area contributed by atoms with Crippen LogP contribution in [0.2, 0.25) is 0 Å². The van der Waals surface area contributed by atoms with Gasteiger partial charge in [0.2, 0.25) is 0 Å². The van der Waals surface area contributed by atoms with E-state index in [1.54, 1.807) is 0 Å². The Hall–Kier alpha value is -3.75. The van der Waals surface area contributed by atoms with E-state index in [0.717, 1.165) is 11.3 Å². The fraction of sp³-hybridized carbons (Fsp3) is 0.133. The maximum absolute atomic E-state index is 13.3. The zero-order chi connectivity index (χ0) is 24.3. The van der Waals surface area contributed by atoms with Crippen LogP contribution in [0.1, 0.15) is 35.7 Å². The molecule has 174 valence electrons. The van der Waals surface area contributed by atoms with Crippen LogP contribution in [-0.4, -0.2) is 22.0 Å². The van der Waals surface area contributed by atoms with Gasteiger partial charge in [0.1, 0.15) is 40.2 Å². The molecule has 5 rings (SSSR count). The highest BCUT2D eigenvalue weighted by Gasteiger charge is 2.53. The van der Waals surface area contributed by atoms with Gasteiger partial charge in [-0.3, -0.25) is 4.40 Å². The molecule has 2 heterocycles. The Labute approximate surface area is 206 Å². The highest BCUT2D eigenvalue weighted by Crippen LogP contribution is 2.66. The van der Waals surface area contributed by atoms with Gasteiger partial charge >= 0.3 is 5.97 Å². The molecule has 0 amide bonds. The minimum atomic E-state index is -2.29. The van der Waals surface area contributed by atoms with Crippen LogP contribution in [0.25, 0.3) is 5.65 Å². The van der Waals surface area contributed by atoms with Crippen molar-refractivity contribution >= 4 is 34.8 Å². The van der Waals surface area contributed by atoms with Crippen molar-refractivity contribution in [2.75, 3.05) is 6.61 Å². The molecule has 0 aliphatic heterocycles. The largest absolute Gasteiger partial charge is 0.461 e. The molecule has 3 aromatic carbocycles. The number of benzene rings is 3. The van der Waals surface area contributed by atoms with Crippen LogP contribution < -0.4 is 15.9 Å². The fourth-order valence-electron chi connectivity index (χ4n) is 5.00. The Morgan fingerprint density at radius 1 is 0.800 bits per heavy atom. The normalized spacial score (nSPS) is 12.4. The van der Waals surface area contributed by atoms with Crippen LogP contribution in [0.3, 0.4) is 0 Å². The molecule has 0 saturated heterocycles. The standard InChI is InChI=1S/C30H28N2O2P/c1-3-34-30(33)29-28(31-27-21-13-14-22-32(27)29)23(2)35(24-15-7-4-8-16-24,25-17-9-5-10-18-25)26-19-11-6-12-20-26/h4-23H,3H2,1-2H3/q+1. The fourth-order valence-corrected chi connectivity index (χ4v) is 9.71. The SMILES string of the molecule is CCOC(=O)c1c(C(C)[P+](c2ccccc2)(c2ccccc2)c2ccccc2)nc2ccccn12. The second-order valence-corrected chi connectivity index (χ2v) is 12.2. The summed E-state index contributed by atoms with van der Waals surface area (Å²) in [4.78, 5) is 18.4. The van der Waals surface area contributed by atoms with E-state index >= 15 is 0 Å². The van der Waals surface area contributed by atoms with Gasteiger partial charge in [-0.2, -0.15) is 0 Å². The first-order valence-electron chi connectivity index (χ1n) is 11.9. The number of carbonyl (C=O) groups excluding carboxylic acids is 1. The van der Waals surface area contributed by atoms with Gasteiger partial charge in [0.25, 0.3) is 0 Å². The van der Waals surface area contributed by atoms with Gasteiger partial charge in [0.15, 0.2) is 5.69 Å². The number of rotatable bonds is 7. The summed E-state index contributed by atoms with van der Waals surface area (Å²) >= 11 is 0. The molecule has 5 aromatic rings. The van der Waals surface area contributed by atoms with Crippen molar-refractivity contribution in [3.63, 3.8) is 0 Å². The molecule has 0 aliphatic carbocycles. The summed E-state index contributed by atoms with van der Waals surface area (Å²) < 4.78 is 7.39. The maximum atomic E-state index is 13.3. The Morgan fingerprint density at radius 3 is 1.77 bits per heavy atom. The van der Waals surface area contributed by atoms with E-state index in [9.17, 15) is 4.79 Å². The van der Waals surface area contributed by atoms with E-state index in [-0.39, 0.29) is 11.6 Å². The number of imidazole rings is 1. The number of hydrogen-bond acceptors (Lipinski definition) is 3. The van der Waals surface area contributed by atoms with Crippen molar-refractivity contribution < 1.29 is 9.53 Å². The monoisotopic (exact) mass is 479 g/mol. The number of esters is 1. The van der Waals surface area contributed by atoms with Crippen molar-refractivity contribution in [1.82, 2.24) is 9.38 Å². The summed E-state index contributed by atoms with van der Waals surface area (Å²) in [6.07, 6.45) is 1.89. The molecule has 1 unspecified atom stereocenters. The third-order valence-electron chi connectivity index (χ3n) is 6.49. The summed E-state index contributed by atoms with van der Waals surface area (Å²) in [5.74, 6) is -0.347. The van der Waals surface area contributed by atoms with E-state index in [0.29, 0.717) is 12.3 Å². The highest BCUT2D eigenvalue weighted by atomic mass is 31.2. The minimum Gasteiger partial charge on any atom is -0.461 e. The molecule has 0 fully saturated rings. The third kappa shape index (κ3) is 3.94. The van der Waals surface area contributed by atoms with E-state index in [1.165, 1.54) is 15.9 Å². The zero-order valence-electron chi connectivity index (χ0n) is 19.9. The Balaban J connectivity index is 1.87. The number of nitrogens with zero attached hydrogens (tertiary/aromatic N) is 2. The number of pyridine rings is 1. The molecule has 0 spiro atoms. The van der Waals surface area contributed by atoms with Gasteiger partial charge in [-0.15, -0.1) is 0 Å². The summed E-state index contributed by atoms with van der Waals surface area (Å²) in [6, 6.07) is 37.8. The van der Waals surface area contributed by atoms with Crippen molar-refractivity contribution in [2.45, 2.75) is 19.5 Å². The third-order valence-corrected chi connectivity index (χ3v) is 11.2. The molecule has 35 heavy (non-hydrogen) atoms. The Kier molecular flexibility index (Phi) is 6.48. The molecular weight excluding hydrogens is 451 g/mol. The van der Waals surface area contributed by atoms with Crippen LogP contribution in [-0.2, 0) is 4.74 Å². The van der Waals surface area contributed by atoms with Crippen LogP contribution in [0.4, 0.5) is 0 Å². The van der Waals surface area contributed by atoms with Crippen molar-refractivity contribution in [1.29, 1.82) is 0 Å². The molecule has 0 saturated carbocycles. The summed E-state index contributed by atoms with van der Waals surface area (Å²) in [5, 5.41) is 3.74. The van der Waals surface area contributed by atoms with Crippen molar-refractivity contribution in [3.8, 4) is 0 Å². The van der Waals surface area contributed by atoms with Gasteiger partial charge in [-0.25, -0.2) is 9.78 Å². The lowest BCUT2D eigenvalue weighted by molar-refractivity contribution is 0.0517. The molecule has 0 bridgehead atoms. The lowest BCUT2D eigenvalue weighted by Crippen LogP contribution is -2.35. The van der Waals surface area contributed by atoms with Crippen molar-refractivity contribution in [2.24, 2.45) is 0 Å². The van der Waals surface area contributed by atoms with Crippen LogP contribution >= 0.6 is 7.26 Å². The molecule has 0 radical (unpaired) electrons. The van der Waals surface area contributed by atoms with E-state index in [4.69, 9.17) is 9.72 Å². The lowest BCUT2D eigenvalue weighted by Gasteiger charge is -2.32. The first kappa shape index (κ1) is 23.0. The lowest BCUT2D eigenvalue weighted by atomic mass is 10.2. The number of carbonyl (C=O) groups is 1. The summed E-state index contributed by atoms with van der Waals surface area (Å²) in [6.45, 7) is 4.35. The average Bonchev–Trinajstić information content (AvgIpc) is 3.31. The molecule has 2 aromatic heterocycles. The van der Waals surface area contributed by atoms with Crippen molar-refractivity contribution in [3.05, 3.63) is 127 Å². The molecular formula is C30H28N2O2P+. The molecule has 5 heteroatoms. The predicted octanol–water partition coefficient (Wildman–Crippen LogP) is 5.57. The maximum Gasteiger partial charge on any atom is 0.357 e. The average molecular weight is 480 g/mol. The van der Waals surface area contributed by atoms with E-state index in [2.05, 4.69) is 79.7 Å². The number of hydrogen-bond donors (Lipinski definition) is 0. The van der Waals surface area contributed by atoms with Gasteiger partial charge in [0, 0.05) is 6.20 Å². The number of aromatic nitrogens is 2. The van der Waals surface area contributed by atoms with E-state index < -0.39 is 7.26 Å². The van der Waals surface area contributed by atoms with Crippen LogP contribution in [0, 0.1) is 0 Å². The van der Waals surface area contributed by atoms with Crippen LogP contribution in [0.5, 0.6) is 0 Å². The molecule has 1 atom stereocenters. The minimum absolute atomic E-state index is 0.0889. The first-order valence-corrected chi connectivity index (χ1v) is 13.7. The van der Waals surface area contributed by atoms with Gasteiger partial charge < -0.3 is 4.74 Å². The first-order chi connectivity index (χ1) is 17.2. The predicted molar refractivity (Wildman–Crippen MR) is 145 cm³/mol. The summed E-state index contributed by atoms with van der Waals surface area (Å²) in [5.41, 5.74) is 1.92. The Morgan fingerprint density at radius 2 is 1.29 bits per heavy atom. The van der Waals surface area contributed by atoms with Gasteiger partial charge in [-0.05, 0) is 62.4 Å². The zero-order valence-corrected chi connectivity index (χ0v) is 20.8. The van der Waals surface area contributed by atoms with Gasteiger partial charge in [-0.1, -0.05) is 60.7 Å². The number of fused-ring (bicyclic) bond motifs is 1. The smallest absolute Gasteiger partial charge is 0.357 e. The van der Waals surface area contributed by atoms with Gasteiger partial charge in [0.05, 0.1) is 6.61 Å². The molecule has 0 N–H and O–H groups in total. The molecule has 0 aliphatic rings. The highest BCUT2D eigenvalue weighted by molar-refractivity contribution is 7.95. The van der Waals surface area contributed by atoms with Crippen LogP contribution in [0.15, 0.2) is 115 Å². The second-order valence-electron chi connectivity index (χ2n) is 8.40. The Bertz CT molecular complexity index is 1340. The topological polar surface area (TPSA) is 43.6 Å². The number of ether oxygens (including phenoxy) is 1. The van der Waals surface area contributed by atoms with E-state index in [1.807, 2.05) is 53.9 Å².